The van der Waals surface area contributed by atoms with Gasteiger partial charge in [-0.15, -0.1) is 6.58 Å². The van der Waals surface area contributed by atoms with Gasteiger partial charge < -0.3 is 5.32 Å². The lowest BCUT2D eigenvalue weighted by Gasteiger charge is -1.97. The molecule has 1 aromatic rings. The summed E-state index contributed by atoms with van der Waals surface area (Å²) in [5, 5.41) is 3.37. The number of benzene rings is 1. The first-order chi connectivity index (χ1) is 6.40. The summed E-state index contributed by atoms with van der Waals surface area (Å²) in [5.41, 5.74) is 1.43. The van der Waals surface area contributed by atoms with Gasteiger partial charge in [0.1, 0.15) is 0 Å². The largest absolute Gasteiger partial charge is 0.304 e. The Morgan fingerprint density at radius 1 is 1.31 bits per heavy atom. The lowest BCUT2D eigenvalue weighted by Crippen LogP contribution is -1.95. The first-order valence-corrected chi connectivity index (χ1v) is 4.82. The SMILES string of the molecule is C=C[C@@H]1N[C@@H]1CCc1ccccc1. The molecule has 0 aromatic heterocycles. The number of hydrogen-bond acceptors (Lipinski definition) is 1. The molecule has 0 spiro atoms. The van der Waals surface area contributed by atoms with Crippen LogP contribution in [0.5, 0.6) is 0 Å². The zero-order chi connectivity index (χ0) is 9.10. The van der Waals surface area contributed by atoms with Crippen molar-refractivity contribution < 1.29 is 0 Å². The Morgan fingerprint density at radius 2 is 2.08 bits per heavy atom. The fraction of sp³-hybridized carbons (Fsp3) is 0.333. The van der Waals surface area contributed by atoms with Crippen molar-refractivity contribution in [1.82, 2.24) is 5.32 Å². The molecule has 0 aliphatic carbocycles. The minimum atomic E-state index is 0.573. The Kier molecular flexibility index (Phi) is 2.46. The molecule has 0 radical (unpaired) electrons. The lowest BCUT2D eigenvalue weighted by atomic mass is 10.1. The van der Waals surface area contributed by atoms with Gasteiger partial charge in [0.2, 0.25) is 0 Å². The number of rotatable bonds is 4. The Morgan fingerprint density at radius 3 is 2.69 bits per heavy atom. The first kappa shape index (κ1) is 8.52. The fourth-order valence-electron chi connectivity index (χ4n) is 1.65. The van der Waals surface area contributed by atoms with E-state index in [0.29, 0.717) is 12.1 Å². The Balaban J connectivity index is 1.78. The van der Waals surface area contributed by atoms with Gasteiger partial charge in [-0.1, -0.05) is 36.4 Å². The van der Waals surface area contributed by atoms with Gasteiger partial charge in [0, 0.05) is 12.1 Å². The Labute approximate surface area is 79.5 Å². The summed E-state index contributed by atoms with van der Waals surface area (Å²) in [5.74, 6) is 0. The molecule has 0 bridgehead atoms. The van der Waals surface area contributed by atoms with Gasteiger partial charge in [-0.2, -0.15) is 0 Å². The van der Waals surface area contributed by atoms with Crippen LogP contribution in [0.15, 0.2) is 43.0 Å². The van der Waals surface area contributed by atoms with Crippen molar-refractivity contribution in [2.45, 2.75) is 24.9 Å². The van der Waals surface area contributed by atoms with Gasteiger partial charge in [-0.05, 0) is 18.4 Å². The van der Waals surface area contributed by atoms with Gasteiger partial charge in [-0.25, -0.2) is 0 Å². The minimum absolute atomic E-state index is 0.573. The summed E-state index contributed by atoms with van der Waals surface area (Å²) in [6, 6.07) is 11.9. The van der Waals surface area contributed by atoms with Crippen molar-refractivity contribution in [3.8, 4) is 0 Å². The zero-order valence-electron chi connectivity index (χ0n) is 7.74. The number of aryl methyl sites for hydroxylation is 1. The van der Waals surface area contributed by atoms with Gasteiger partial charge >= 0.3 is 0 Å². The molecule has 2 atom stereocenters. The number of hydrogen-bond donors (Lipinski definition) is 1. The number of nitrogens with one attached hydrogen (secondary N) is 1. The molecule has 2 rings (SSSR count). The maximum Gasteiger partial charge on any atom is 0.0405 e. The van der Waals surface area contributed by atoms with Crippen LogP contribution in [0.4, 0.5) is 0 Å². The smallest absolute Gasteiger partial charge is 0.0405 e. The summed E-state index contributed by atoms with van der Waals surface area (Å²) in [7, 11) is 0. The molecule has 0 unspecified atom stereocenters. The third-order valence-corrected chi connectivity index (χ3v) is 2.57. The van der Waals surface area contributed by atoms with E-state index in [-0.39, 0.29) is 0 Å². The van der Waals surface area contributed by atoms with Crippen molar-refractivity contribution >= 4 is 0 Å². The first-order valence-electron chi connectivity index (χ1n) is 4.82. The van der Waals surface area contributed by atoms with E-state index in [1.54, 1.807) is 0 Å². The minimum Gasteiger partial charge on any atom is -0.304 e. The summed E-state index contributed by atoms with van der Waals surface area (Å²) in [6.45, 7) is 3.77. The molecule has 1 aliphatic heterocycles. The van der Waals surface area contributed by atoms with Crippen molar-refractivity contribution in [3.63, 3.8) is 0 Å². The van der Waals surface area contributed by atoms with Crippen molar-refractivity contribution in [2.75, 3.05) is 0 Å². The molecule has 1 fully saturated rings. The summed E-state index contributed by atoms with van der Waals surface area (Å²) in [6.07, 6.45) is 4.39. The van der Waals surface area contributed by atoms with E-state index in [1.165, 1.54) is 18.4 Å². The van der Waals surface area contributed by atoms with Crippen LogP contribution in [0.25, 0.3) is 0 Å². The van der Waals surface area contributed by atoms with Crippen LogP contribution >= 0.6 is 0 Å². The van der Waals surface area contributed by atoms with E-state index < -0.39 is 0 Å². The van der Waals surface area contributed by atoms with Crippen molar-refractivity contribution in [3.05, 3.63) is 48.6 Å². The Hall–Kier alpha value is -1.08. The molecule has 1 heteroatoms. The predicted octanol–water partition coefficient (Wildman–Crippen LogP) is 2.15. The third kappa shape index (κ3) is 2.19. The molecular formula is C12H15N. The second-order valence-electron chi connectivity index (χ2n) is 3.56. The lowest BCUT2D eigenvalue weighted by molar-refractivity contribution is 0.794. The van der Waals surface area contributed by atoms with Crippen LogP contribution in [0.1, 0.15) is 12.0 Å². The van der Waals surface area contributed by atoms with Crippen LogP contribution < -0.4 is 5.32 Å². The van der Waals surface area contributed by atoms with Crippen LogP contribution in [-0.2, 0) is 6.42 Å². The monoisotopic (exact) mass is 173 g/mol. The fourth-order valence-corrected chi connectivity index (χ4v) is 1.65. The summed E-state index contributed by atoms with van der Waals surface area (Å²) in [4.78, 5) is 0. The maximum absolute atomic E-state index is 3.77. The van der Waals surface area contributed by atoms with Gasteiger partial charge in [-0.3, -0.25) is 0 Å². The maximum atomic E-state index is 3.77. The predicted molar refractivity (Wildman–Crippen MR) is 55.7 cm³/mol. The molecule has 13 heavy (non-hydrogen) atoms. The molecule has 1 nitrogen and oxygen atoms in total. The average Bonchev–Trinajstić information content (AvgIpc) is 2.95. The van der Waals surface area contributed by atoms with E-state index >= 15 is 0 Å². The highest BCUT2D eigenvalue weighted by Crippen LogP contribution is 2.17. The molecule has 1 heterocycles. The van der Waals surface area contributed by atoms with Gasteiger partial charge in [0.25, 0.3) is 0 Å². The van der Waals surface area contributed by atoms with Gasteiger partial charge in [0.05, 0.1) is 0 Å². The standard InChI is InChI=1S/C12H15N/c1-2-11-12(13-11)9-8-10-6-4-3-5-7-10/h2-7,11-13H,1,8-9H2/t11-,12+/m0/s1. The van der Waals surface area contributed by atoms with Gasteiger partial charge in [0.15, 0.2) is 0 Å². The summed E-state index contributed by atoms with van der Waals surface area (Å²) >= 11 is 0. The average molecular weight is 173 g/mol. The summed E-state index contributed by atoms with van der Waals surface area (Å²) < 4.78 is 0. The topological polar surface area (TPSA) is 21.9 Å². The molecule has 1 N–H and O–H groups in total. The second kappa shape index (κ2) is 3.75. The van der Waals surface area contributed by atoms with Crippen molar-refractivity contribution in [2.24, 2.45) is 0 Å². The van der Waals surface area contributed by atoms with Crippen molar-refractivity contribution in [1.29, 1.82) is 0 Å². The van der Waals surface area contributed by atoms with Crippen LogP contribution in [0.3, 0.4) is 0 Å². The second-order valence-corrected chi connectivity index (χ2v) is 3.56. The zero-order valence-corrected chi connectivity index (χ0v) is 7.74. The molecule has 0 amide bonds. The van der Waals surface area contributed by atoms with Crippen LogP contribution in [0.2, 0.25) is 0 Å². The van der Waals surface area contributed by atoms with Crippen LogP contribution in [-0.4, -0.2) is 12.1 Å². The highest BCUT2D eigenvalue weighted by atomic mass is 15.1. The van der Waals surface area contributed by atoms with E-state index in [4.69, 9.17) is 0 Å². The quantitative estimate of drug-likeness (QED) is 0.547. The highest BCUT2D eigenvalue weighted by Gasteiger charge is 2.31. The molecule has 68 valence electrons. The molecule has 0 saturated carbocycles. The highest BCUT2D eigenvalue weighted by molar-refractivity contribution is 5.16. The molecule has 1 aromatic carbocycles. The normalized spacial score (nSPS) is 25.5. The van der Waals surface area contributed by atoms with E-state index in [1.807, 2.05) is 6.08 Å². The Bertz CT molecular complexity index is 278. The molecular weight excluding hydrogens is 158 g/mol. The third-order valence-electron chi connectivity index (χ3n) is 2.57. The molecule has 1 saturated heterocycles. The van der Waals surface area contributed by atoms with E-state index in [9.17, 15) is 0 Å². The van der Waals surface area contributed by atoms with Crippen LogP contribution in [0, 0.1) is 0 Å². The molecule has 1 aliphatic rings. The van der Waals surface area contributed by atoms with E-state index in [2.05, 4.69) is 42.2 Å². The van der Waals surface area contributed by atoms with E-state index in [0.717, 1.165) is 0 Å².